The zero-order chi connectivity index (χ0) is 27.1. The molecular formula is C28H33N7O4. The Hall–Kier alpha value is -4.15. The summed E-state index contributed by atoms with van der Waals surface area (Å²) in [5, 5.41) is 12.9. The summed E-state index contributed by atoms with van der Waals surface area (Å²) in [4.78, 5) is 32.0. The number of carbonyl (C=O) groups is 2. The van der Waals surface area contributed by atoms with Gasteiger partial charge < -0.3 is 19.7 Å². The number of ether oxygens (including phenoxy) is 2. The van der Waals surface area contributed by atoms with Crippen LogP contribution in [0.2, 0.25) is 0 Å². The summed E-state index contributed by atoms with van der Waals surface area (Å²) in [6.07, 6.45) is 10.6. The number of nitrogens with zero attached hydrogens (tertiary/aromatic N) is 6. The molecule has 0 bridgehead atoms. The summed E-state index contributed by atoms with van der Waals surface area (Å²) in [5.74, 6) is 0.760. The van der Waals surface area contributed by atoms with E-state index in [1.54, 1.807) is 34.1 Å². The van der Waals surface area contributed by atoms with E-state index < -0.39 is 5.60 Å². The monoisotopic (exact) mass is 531 g/mol. The lowest BCUT2D eigenvalue weighted by molar-refractivity contribution is 0.0185. The maximum atomic E-state index is 13.5. The van der Waals surface area contributed by atoms with Crippen LogP contribution in [0.1, 0.15) is 62.9 Å². The first-order valence-corrected chi connectivity index (χ1v) is 13.5. The molecule has 1 aromatic carbocycles. The maximum absolute atomic E-state index is 13.5. The molecule has 11 nitrogen and oxygen atoms in total. The van der Waals surface area contributed by atoms with Crippen LogP contribution < -0.4 is 10.1 Å². The van der Waals surface area contributed by atoms with E-state index in [-0.39, 0.29) is 18.0 Å². The molecule has 1 saturated carbocycles. The van der Waals surface area contributed by atoms with Crippen LogP contribution in [0.25, 0.3) is 16.6 Å². The first-order valence-electron chi connectivity index (χ1n) is 13.5. The Morgan fingerprint density at radius 3 is 2.67 bits per heavy atom. The standard InChI is InChI=1S/C28H33N7O4/c1-28(2,3)39-27(37)33-11-7-20(8-12-33)35-16-19-13-21(24(14-22(19)32-35)38-17-18-5-6-18)26(36)31-23-15-30-34-10-4-9-29-25(23)34/h4,9-10,13-16,18,20H,5-8,11-12,17H2,1-3H3,(H,31,36). The molecule has 0 radical (unpaired) electrons. The number of anilines is 1. The minimum Gasteiger partial charge on any atom is -0.492 e. The smallest absolute Gasteiger partial charge is 0.410 e. The number of nitrogens with one attached hydrogen (secondary N) is 1. The van der Waals surface area contributed by atoms with E-state index in [1.807, 2.05) is 43.8 Å². The van der Waals surface area contributed by atoms with Crippen LogP contribution in [0.5, 0.6) is 5.75 Å². The molecule has 11 heteroatoms. The van der Waals surface area contributed by atoms with Crippen molar-refractivity contribution >= 4 is 34.2 Å². The van der Waals surface area contributed by atoms with E-state index >= 15 is 0 Å². The second-order valence-corrected chi connectivity index (χ2v) is 11.4. The zero-order valence-corrected chi connectivity index (χ0v) is 22.5. The Kier molecular flexibility index (Phi) is 6.36. The van der Waals surface area contributed by atoms with Crippen molar-refractivity contribution in [2.75, 3.05) is 25.0 Å². The van der Waals surface area contributed by atoms with Crippen LogP contribution in [-0.4, -0.2) is 66.6 Å². The topological polar surface area (TPSA) is 116 Å². The molecule has 1 N–H and O–H groups in total. The number of likely N-dealkylation sites (tertiary alicyclic amines) is 1. The van der Waals surface area contributed by atoms with Crippen molar-refractivity contribution in [2.24, 2.45) is 5.92 Å². The Morgan fingerprint density at radius 1 is 1.13 bits per heavy atom. The van der Waals surface area contributed by atoms with E-state index in [0.29, 0.717) is 48.3 Å². The van der Waals surface area contributed by atoms with Gasteiger partial charge in [0.05, 0.1) is 29.9 Å². The normalized spacial score (nSPS) is 16.5. The predicted octanol–water partition coefficient (Wildman–Crippen LogP) is 4.69. The second kappa shape index (κ2) is 9.87. The van der Waals surface area contributed by atoms with Gasteiger partial charge in [0.2, 0.25) is 0 Å². The van der Waals surface area contributed by atoms with Crippen LogP contribution in [0.15, 0.2) is 43.0 Å². The predicted molar refractivity (Wildman–Crippen MR) is 145 cm³/mol. The van der Waals surface area contributed by atoms with Gasteiger partial charge in [-0.05, 0) is 64.5 Å². The number of benzene rings is 1. The molecule has 0 unspecified atom stereocenters. The first-order chi connectivity index (χ1) is 18.7. The number of aromatic nitrogens is 5. The summed E-state index contributed by atoms with van der Waals surface area (Å²) >= 11 is 0. The van der Waals surface area contributed by atoms with Crippen molar-refractivity contribution in [1.82, 2.24) is 29.3 Å². The van der Waals surface area contributed by atoms with E-state index in [1.165, 1.54) is 0 Å². The van der Waals surface area contributed by atoms with Crippen LogP contribution in [0.4, 0.5) is 10.5 Å². The van der Waals surface area contributed by atoms with E-state index in [4.69, 9.17) is 14.6 Å². The summed E-state index contributed by atoms with van der Waals surface area (Å²) in [6.45, 7) is 7.41. The first kappa shape index (κ1) is 25.1. The summed E-state index contributed by atoms with van der Waals surface area (Å²) in [7, 11) is 0. The highest BCUT2D eigenvalue weighted by Gasteiger charge is 2.29. The minimum atomic E-state index is -0.515. The Labute approximate surface area is 226 Å². The molecule has 2 fully saturated rings. The molecule has 4 heterocycles. The van der Waals surface area contributed by atoms with E-state index in [0.717, 1.165) is 36.6 Å². The second-order valence-electron chi connectivity index (χ2n) is 11.4. The van der Waals surface area contributed by atoms with Crippen molar-refractivity contribution in [1.29, 1.82) is 0 Å². The molecule has 39 heavy (non-hydrogen) atoms. The van der Waals surface area contributed by atoms with Gasteiger partial charge in [-0.3, -0.25) is 9.48 Å². The fourth-order valence-electron chi connectivity index (χ4n) is 4.79. The van der Waals surface area contributed by atoms with Gasteiger partial charge in [0.15, 0.2) is 5.65 Å². The number of hydrogen-bond donors (Lipinski definition) is 1. The van der Waals surface area contributed by atoms with Gasteiger partial charge in [0.25, 0.3) is 5.91 Å². The maximum Gasteiger partial charge on any atom is 0.410 e. The van der Waals surface area contributed by atoms with Gasteiger partial charge in [-0.1, -0.05) is 0 Å². The summed E-state index contributed by atoms with van der Waals surface area (Å²) < 4.78 is 15.2. The molecule has 0 atom stereocenters. The molecule has 3 aromatic heterocycles. The summed E-state index contributed by atoms with van der Waals surface area (Å²) in [5.41, 5.74) is 1.79. The number of amides is 2. The molecule has 204 valence electrons. The van der Waals surface area contributed by atoms with Crippen molar-refractivity contribution < 1.29 is 19.1 Å². The molecular weight excluding hydrogens is 498 g/mol. The zero-order valence-electron chi connectivity index (χ0n) is 22.5. The lowest BCUT2D eigenvalue weighted by atomic mass is 10.1. The number of piperidine rings is 1. The fraction of sp³-hybridized carbons (Fsp3) is 0.464. The molecule has 4 aromatic rings. The number of hydrogen-bond acceptors (Lipinski definition) is 7. The summed E-state index contributed by atoms with van der Waals surface area (Å²) in [6, 6.07) is 5.62. The molecule has 1 aliphatic heterocycles. The molecule has 2 amide bonds. The Bertz CT molecular complexity index is 1520. The highest BCUT2D eigenvalue weighted by atomic mass is 16.6. The average Bonchev–Trinajstić information content (AvgIpc) is 3.51. The Morgan fingerprint density at radius 2 is 1.92 bits per heavy atom. The number of carbonyl (C=O) groups excluding carboxylic acids is 2. The Balaban J connectivity index is 1.22. The van der Waals surface area contributed by atoms with Crippen LogP contribution in [0, 0.1) is 5.92 Å². The molecule has 0 spiro atoms. The lowest BCUT2D eigenvalue weighted by Crippen LogP contribution is -2.42. The van der Waals surface area contributed by atoms with Gasteiger partial charge in [0, 0.05) is 43.1 Å². The highest BCUT2D eigenvalue weighted by molar-refractivity contribution is 6.09. The third-order valence-corrected chi connectivity index (χ3v) is 7.06. The third-order valence-electron chi connectivity index (χ3n) is 7.06. The van der Waals surface area contributed by atoms with Crippen LogP contribution in [0.3, 0.4) is 0 Å². The van der Waals surface area contributed by atoms with E-state index in [2.05, 4.69) is 15.4 Å². The lowest BCUT2D eigenvalue weighted by Gasteiger charge is -2.33. The van der Waals surface area contributed by atoms with Crippen molar-refractivity contribution in [3.05, 3.63) is 48.5 Å². The number of fused-ring (bicyclic) bond motifs is 2. The number of rotatable bonds is 6. The van der Waals surface area contributed by atoms with Gasteiger partial charge in [-0.25, -0.2) is 14.3 Å². The largest absolute Gasteiger partial charge is 0.492 e. The van der Waals surface area contributed by atoms with E-state index in [9.17, 15) is 9.59 Å². The van der Waals surface area contributed by atoms with Gasteiger partial charge >= 0.3 is 6.09 Å². The van der Waals surface area contributed by atoms with Crippen LogP contribution >= 0.6 is 0 Å². The van der Waals surface area contributed by atoms with Gasteiger partial charge in [0.1, 0.15) is 17.0 Å². The fourth-order valence-corrected chi connectivity index (χ4v) is 4.79. The SMILES string of the molecule is CC(C)(C)OC(=O)N1CCC(n2cc3cc(C(=O)Nc4cnn5cccnc45)c(OCC4CC4)cc3n2)CC1. The van der Waals surface area contributed by atoms with Gasteiger partial charge in [-0.15, -0.1) is 0 Å². The average molecular weight is 532 g/mol. The van der Waals surface area contributed by atoms with Crippen LogP contribution in [-0.2, 0) is 4.74 Å². The third kappa shape index (κ3) is 5.52. The highest BCUT2D eigenvalue weighted by Crippen LogP contribution is 2.33. The quantitative estimate of drug-likeness (QED) is 0.384. The van der Waals surface area contributed by atoms with Crippen molar-refractivity contribution in [3.63, 3.8) is 0 Å². The van der Waals surface area contributed by atoms with Crippen molar-refractivity contribution in [3.8, 4) is 5.75 Å². The molecule has 1 saturated heterocycles. The van der Waals surface area contributed by atoms with Gasteiger partial charge in [-0.2, -0.15) is 10.2 Å². The minimum absolute atomic E-state index is 0.147. The van der Waals surface area contributed by atoms with Crippen molar-refractivity contribution in [2.45, 2.75) is 58.1 Å². The molecule has 6 rings (SSSR count). The molecule has 2 aliphatic rings. The molecule has 1 aliphatic carbocycles.